The fourth-order valence-corrected chi connectivity index (χ4v) is 0.860. The van der Waals surface area contributed by atoms with Crippen molar-refractivity contribution in [1.29, 1.82) is 0 Å². The van der Waals surface area contributed by atoms with E-state index in [1.807, 2.05) is 0 Å². The van der Waals surface area contributed by atoms with E-state index in [9.17, 15) is 8.78 Å². The first-order valence-electron chi connectivity index (χ1n) is 3.72. The van der Waals surface area contributed by atoms with E-state index in [1.165, 1.54) is 6.08 Å². The van der Waals surface area contributed by atoms with Crippen molar-refractivity contribution in [1.82, 2.24) is 0 Å². The molecule has 0 unspecified atom stereocenters. The topological polar surface area (TPSA) is 49.7 Å². The van der Waals surface area contributed by atoms with Crippen molar-refractivity contribution in [2.24, 2.45) is 0 Å². The molecule has 0 spiro atoms. The molecule has 1 aromatic rings. The Kier molecular flexibility index (Phi) is 3.61. The average molecular weight is 200 g/mol. The summed E-state index contributed by atoms with van der Waals surface area (Å²) in [6, 6.07) is 2.89. The largest absolute Gasteiger partial charge is 0.707 e. The van der Waals surface area contributed by atoms with Gasteiger partial charge in [0.25, 0.3) is 0 Å². The van der Waals surface area contributed by atoms with Crippen molar-refractivity contribution >= 4 is 13.4 Å². The van der Waals surface area contributed by atoms with Gasteiger partial charge in [0.1, 0.15) is 11.6 Å². The summed E-state index contributed by atoms with van der Waals surface area (Å²) in [5.74, 6) is -1.43. The van der Waals surface area contributed by atoms with Gasteiger partial charge in [0.2, 0.25) is 0 Å². The first kappa shape index (κ1) is 10.7. The maximum Gasteiger partial charge on any atom is 0.707 e. The highest BCUT2D eigenvalue weighted by Gasteiger charge is 2.06. The molecule has 0 amide bonds. The average Bonchev–Trinajstić information content (AvgIpc) is 2.01. The normalized spacial score (nSPS) is 10.6. The Hall–Kier alpha value is -1.40. The minimum atomic E-state index is -1.94. The Morgan fingerprint density at radius 2 is 1.71 bits per heavy atom. The Morgan fingerprint density at radius 1 is 1.14 bits per heavy atom. The third-order valence-corrected chi connectivity index (χ3v) is 1.35. The Bertz CT molecular complexity index is 321. The van der Waals surface area contributed by atoms with E-state index in [0.717, 1.165) is 24.5 Å². The first-order valence-corrected chi connectivity index (χ1v) is 3.72. The van der Waals surface area contributed by atoms with Gasteiger partial charge >= 0.3 is 7.32 Å². The van der Waals surface area contributed by atoms with Crippen molar-refractivity contribution < 1.29 is 23.5 Å². The molecular formula is C8H7BF2O3. The molecule has 0 aliphatic heterocycles. The minimum Gasteiger partial charge on any atom is -0.518 e. The molecule has 0 saturated carbocycles. The molecule has 0 heterocycles. The third kappa shape index (κ3) is 3.55. The summed E-state index contributed by atoms with van der Waals surface area (Å²) in [4.78, 5) is 0. The lowest BCUT2D eigenvalue weighted by atomic mass is 10.2. The standard InChI is InChI=1S/C8H7BF2O3/c10-7-3-6(4-8(11)5-7)1-2-14-9(12)13/h1-5,12-13H/b2-1+. The van der Waals surface area contributed by atoms with Gasteiger partial charge in [-0.15, -0.1) is 0 Å². The van der Waals surface area contributed by atoms with Crippen molar-refractivity contribution in [3.63, 3.8) is 0 Å². The third-order valence-electron chi connectivity index (χ3n) is 1.35. The van der Waals surface area contributed by atoms with Gasteiger partial charge in [0.15, 0.2) is 0 Å². The second-order valence-corrected chi connectivity index (χ2v) is 2.47. The van der Waals surface area contributed by atoms with Gasteiger partial charge in [-0.2, -0.15) is 0 Å². The zero-order valence-electron chi connectivity index (χ0n) is 7.02. The van der Waals surface area contributed by atoms with E-state index in [2.05, 4.69) is 4.65 Å². The molecule has 0 aliphatic rings. The van der Waals surface area contributed by atoms with E-state index in [4.69, 9.17) is 10.0 Å². The second kappa shape index (κ2) is 4.73. The fourth-order valence-electron chi connectivity index (χ4n) is 0.860. The van der Waals surface area contributed by atoms with Crippen LogP contribution in [0.25, 0.3) is 6.08 Å². The predicted octanol–water partition coefficient (Wildman–Crippen LogP) is 0.922. The second-order valence-electron chi connectivity index (χ2n) is 2.47. The van der Waals surface area contributed by atoms with Crippen LogP contribution in [-0.2, 0) is 4.65 Å². The molecule has 0 aliphatic carbocycles. The maximum atomic E-state index is 12.6. The van der Waals surface area contributed by atoms with E-state index in [1.54, 1.807) is 0 Å². The van der Waals surface area contributed by atoms with Crippen LogP contribution in [0, 0.1) is 11.6 Å². The molecule has 1 aromatic carbocycles. The number of benzene rings is 1. The number of halogens is 2. The highest BCUT2D eigenvalue weighted by atomic mass is 19.1. The fraction of sp³-hybridized carbons (Fsp3) is 0. The van der Waals surface area contributed by atoms with Crippen LogP contribution in [0.2, 0.25) is 0 Å². The van der Waals surface area contributed by atoms with Gasteiger partial charge < -0.3 is 14.7 Å². The molecule has 0 aromatic heterocycles. The van der Waals surface area contributed by atoms with Crippen molar-refractivity contribution in [3.05, 3.63) is 41.7 Å². The molecule has 0 saturated heterocycles. The predicted molar refractivity (Wildman–Crippen MR) is 46.7 cm³/mol. The molecule has 74 valence electrons. The quantitative estimate of drug-likeness (QED) is 0.563. The molecule has 6 heteroatoms. The maximum absolute atomic E-state index is 12.6. The highest BCUT2D eigenvalue weighted by Crippen LogP contribution is 2.09. The van der Waals surface area contributed by atoms with Gasteiger partial charge in [0, 0.05) is 6.07 Å². The van der Waals surface area contributed by atoms with Crippen molar-refractivity contribution in [2.45, 2.75) is 0 Å². The van der Waals surface area contributed by atoms with Crippen LogP contribution in [0.4, 0.5) is 8.78 Å². The molecular weight excluding hydrogens is 193 g/mol. The summed E-state index contributed by atoms with van der Waals surface area (Å²) in [7, 11) is -1.94. The van der Waals surface area contributed by atoms with Gasteiger partial charge in [-0.1, -0.05) is 0 Å². The number of rotatable bonds is 3. The van der Waals surface area contributed by atoms with Gasteiger partial charge in [-0.3, -0.25) is 0 Å². The Labute approximate surface area is 79.4 Å². The molecule has 0 bridgehead atoms. The van der Waals surface area contributed by atoms with Crippen LogP contribution < -0.4 is 0 Å². The van der Waals surface area contributed by atoms with Gasteiger partial charge in [-0.05, 0) is 23.8 Å². The SMILES string of the molecule is OB(O)O/C=C/c1cc(F)cc(F)c1. The molecule has 1 rings (SSSR count). The van der Waals surface area contributed by atoms with Crippen LogP contribution in [0.5, 0.6) is 0 Å². The van der Waals surface area contributed by atoms with Crippen LogP contribution >= 0.6 is 0 Å². The van der Waals surface area contributed by atoms with E-state index in [0.29, 0.717) is 0 Å². The summed E-state index contributed by atoms with van der Waals surface area (Å²) in [6.07, 6.45) is 2.13. The van der Waals surface area contributed by atoms with Crippen molar-refractivity contribution in [3.8, 4) is 0 Å². The smallest absolute Gasteiger partial charge is 0.518 e. The number of hydrogen-bond acceptors (Lipinski definition) is 3. The number of hydrogen-bond donors (Lipinski definition) is 2. The molecule has 3 nitrogen and oxygen atoms in total. The van der Waals surface area contributed by atoms with Crippen molar-refractivity contribution in [2.75, 3.05) is 0 Å². The lowest BCUT2D eigenvalue weighted by molar-refractivity contribution is 0.258. The van der Waals surface area contributed by atoms with E-state index < -0.39 is 19.0 Å². The van der Waals surface area contributed by atoms with E-state index >= 15 is 0 Å². The highest BCUT2D eigenvalue weighted by molar-refractivity contribution is 6.32. The Morgan fingerprint density at radius 3 is 2.21 bits per heavy atom. The summed E-state index contributed by atoms with van der Waals surface area (Å²) in [5, 5.41) is 16.5. The van der Waals surface area contributed by atoms with E-state index in [-0.39, 0.29) is 5.56 Å². The first-order chi connectivity index (χ1) is 6.58. The summed E-state index contributed by atoms with van der Waals surface area (Å²) < 4.78 is 29.4. The lowest BCUT2D eigenvalue weighted by Gasteiger charge is -1.97. The molecule has 2 N–H and O–H groups in total. The summed E-state index contributed by atoms with van der Waals surface area (Å²) in [6.45, 7) is 0. The molecule has 0 atom stereocenters. The molecule has 0 radical (unpaired) electrons. The lowest BCUT2D eigenvalue weighted by Crippen LogP contribution is -2.12. The summed E-state index contributed by atoms with van der Waals surface area (Å²) in [5.41, 5.74) is 0.225. The molecule has 0 fully saturated rings. The van der Waals surface area contributed by atoms with Crippen LogP contribution in [0.15, 0.2) is 24.5 Å². The van der Waals surface area contributed by atoms with Gasteiger partial charge in [-0.25, -0.2) is 8.78 Å². The summed E-state index contributed by atoms with van der Waals surface area (Å²) >= 11 is 0. The monoisotopic (exact) mass is 200 g/mol. The minimum absolute atomic E-state index is 0.225. The van der Waals surface area contributed by atoms with Gasteiger partial charge in [0.05, 0.1) is 6.26 Å². The molecule has 14 heavy (non-hydrogen) atoms. The Balaban J connectivity index is 2.71. The van der Waals surface area contributed by atoms with Crippen LogP contribution in [0.3, 0.4) is 0 Å². The zero-order valence-corrected chi connectivity index (χ0v) is 7.02. The zero-order chi connectivity index (χ0) is 10.6. The van der Waals surface area contributed by atoms with Crippen LogP contribution in [0.1, 0.15) is 5.56 Å². The van der Waals surface area contributed by atoms with Crippen LogP contribution in [-0.4, -0.2) is 17.4 Å².